The van der Waals surface area contributed by atoms with Crippen molar-refractivity contribution in [1.29, 1.82) is 0 Å². The summed E-state index contributed by atoms with van der Waals surface area (Å²) >= 11 is 0. The lowest BCUT2D eigenvalue weighted by Gasteiger charge is -2.10. The van der Waals surface area contributed by atoms with E-state index in [1.807, 2.05) is 0 Å². The van der Waals surface area contributed by atoms with Crippen LogP contribution in [0.5, 0.6) is 5.75 Å². The van der Waals surface area contributed by atoms with Gasteiger partial charge in [0, 0.05) is 25.1 Å². The van der Waals surface area contributed by atoms with Crippen molar-refractivity contribution in [3.8, 4) is 5.75 Å². The van der Waals surface area contributed by atoms with Crippen molar-refractivity contribution >= 4 is 17.3 Å². The maximum absolute atomic E-state index is 13.5. The Balaban J connectivity index is 1.96. The first kappa shape index (κ1) is 15.0. The Kier molecular flexibility index (Phi) is 4.56. The number of anilines is 1. The van der Waals surface area contributed by atoms with E-state index >= 15 is 0 Å². The molecule has 0 unspecified atom stereocenters. The second-order valence-corrected chi connectivity index (χ2v) is 4.75. The smallest absolute Gasteiger partial charge is 0.295 e. The normalized spacial score (nSPS) is 13.6. The number of ether oxygens (including phenoxy) is 1. The van der Waals surface area contributed by atoms with E-state index in [-0.39, 0.29) is 28.9 Å². The summed E-state index contributed by atoms with van der Waals surface area (Å²) in [6, 6.07) is 2.04. The monoisotopic (exact) mass is 297 g/mol. The molecular formula is C13H16FN3O4. The van der Waals surface area contributed by atoms with Gasteiger partial charge >= 0.3 is 0 Å². The minimum Gasteiger partial charge on any atom is -0.494 e. The molecule has 0 aromatic heterocycles. The summed E-state index contributed by atoms with van der Waals surface area (Å²) in [7, 11) is 1.28. The first-order valence-corrected chi connectivity index (χ1v) is 6.56. The van der Waals surface area contributed by atoms with Crippen LogP contribution in [0.1, 0.15) is 12.8 Å². The molecule has 0 aliphatic heterocycles. The van der Waals surface area contributed by atoms with Crippen LogP contribution in [0, 0.1) is 21.8 Å². The summed E-state index contributed by atoms with van der Waals surface area (Å²) in [5.74, 6) is -0.755. The van der Waals surface area contributed by atoms with Gasteiger partial charge in [0.2, 0.25) is 5.91 Å². The standard InChI is InChI=1S/C13H16FN3O4/c1-21-12-7-10(11(17(19)20)6-9(12)14)15-4-5-16-13(18)8-2-3-8/h6-8,15H,2-5H2,1H3,(H,16,18). The molecule has 1 aromatic rings. The fourth-order valence-electron chi connectivity index (χ4n) is 1.86. The molecule has 0 spiro atoms. The van der Waals surface area contributed by atoms with Crippen LogP contribution in [0.25, 0.3) is 0 Å². The molecule has 21 heavy (non-hydrogen) atoms. The molecular weight excluding hydrogens is 281 g/mol. The third-order valence-corrected chi connectivity index (χ3v) is 3.15. The number of nitro groups is 1. The van der Waals surface area contributed by atoms with E-state index in [0.717, 1.165) is 18.9 Å². The third-order valence-electron chi connectivity index (χ3n) is 3.15. The molecule has 2 N–H and O–H groups in total. The molecule has 0 radical (unpaired) electrons. The van der Waals surface area contributed by atoms with Crippen LogP contribution in [-0.4, -0.2) is 31.0 Å². The van der Waals surface area contributed by atoms with Crippen LogP contribution < -0.4 is 15.4 Å². The molecule has 114 valence electrons. The highest BCUT2D eigenvalue weighted by Crippen LogP contribution is 2.31. The molecule has 0 heterocycles. The molecule has 2 rings (SSSR count). The van der Waals surface area contributed by atoms with Crippen molar-refractivity contribution in [2.24, 2.45) is 5.92 Å². The SMILES string of the molecule is COc1cc(NCCNC(=O)C2CC2)c([N+](=O)[O-])cc1F. The number of rotatable bonds is 7. The number of hydrogen-bond acceptors (Lipinski definition) is 5. The number of nitrogens with one attached hydrogen (secondary N) is 2. The van der Waals surface area contributed by atoms with Crippen LogP contribution in [0.4, 0.5) is 15.8 Å². The van der Waals surface area contributed by atoms with Gasteiger partial charge in [-0.25, -0.2) is 4.39 Å². The van der Waals surface area contributed by atoms with Crippen LogP contribution in [0.3, 0.4) is 0 Å². The van der Waals surface area contributed by atoms with E-state index in [0.29, 0.717) is 13.1 Å². The maximum atomic E-state index is 13.5. The van der Waals surface area contributed by atoms with Gasteiger partial charge in [-0.15, -0.1) is 0 Å². The number of halogens is 1. The Hall–Kier alpha value is -2.38. The molecule has 7 nitrogen and oxygen atoms in total. The molecule has 1 amide bonds. The molecule has 1 saturated carbocycles. The minimum atomic E-state index is -0.795. The van der Waals surface area contributed by atoms with Gasteiger partial charge in [0.05, 0.1) is 18.1 Å². The second kappa shape index (κ2) is 6.38. The number of amides is 1. The number of carbonyl (C=O) groups excluding carboxylic acids is 1. The lowest BCUT2D eigenvalue weighted by atomic mass is 10.2. The van der Waals surface area contributed by atoms with E-state index in [1.54, 1.807) is 0 Å². The molecule has 0 bridgehead atoms. The van der Waals surface area contributed by atoms with Crippen molar-refractivity contribution < 1.29 is 18.8 Å². The number of carbonyl (C=O) groups is 1. The first-order chi connectivity index (χ1) is 10.0. The Morgan fingerprint density at radius 2 is 2.19 bits per heavy atom. The van der Waals surface area contributed by atoms with Gasteiger partial charge < -0.3 is 15.4 Å². The molecule has 1 fully saturated rings. The van der Waals surface area contributed by atoms with Gasteiger partial charge in [-0.2, -0.15) is 0 Å². The Morgan fingerprint density at radius 3 is 2.76 bits per heavy atom. The zero-order chi connectivity index (χ0) is 15.4. The average Bonchev–Trinajstić information content (AvgIpc) is 3.28. The summed E-state index contributed by atoms with van der Waals surface area (Å²) in [5, 5.41) is 16.4. The van der Waals surface area contributed by atoms with Crippen molar-refractivity contribution in [2.45, 2.75) is 12.8 Å². The van der Waals surface area contributed by atoms with Gasteiger partial charge in [-0.05, 0) is 12.8 Å². The number of methoxy groups -OCH3 is 1. The zero-order valence-electron chi connectivity index (χ0n) is 11.5. The highest BCUT2D eigenvalue weighted by molar-refractivity contribution is 5.80. The molecule has 0 saturated heterocycles. The Bertz CT molecular complexity index is 561. The predicted molar refractivity (Wildman–Crippen MR) is 73.8 cm³/mol. The van der Waals surface area contributed by atoms with Crippen LogP contribution in [-0.2, 0) is 4.79 Å². The van der Waals surface area contributed by atoms with Gasteiger partial charge in [0.25, 0.3) is 5.69 Å². The topological polar surface area (TPSA) is 93.5 Å². The summed E-state index contributed by atoms with van der Waals surface area (Å²) < 4.78 is 18.3. The highest BCUT2D eigenvalue weighted by atomic mass is 19.1. The van der Waals surface area contributed by atoms with Crippen molar-refractivity contribution in [2.75, 3.05) is 25.5 Å². The van der Waals surface area contributed by atoms with Crippen LogP contribution in [0.15, 0.2) is 12.1 Å². The maximum Gasteiger partial charge on any atom is 0.295 e. The molecule has 1 aliphatic carbocycles. The first-order valence-electron chi connectivity index (χ1n) is 6.56. The van der Waals surface area contributed by atoms with Crippen molar-refractivity contribution in [1.82, 2.24) is 5.32 Å². The fourth-order valence-corrected chi connectivity index (χ4v) is 1.86. The highest BCUT2D eigenvalue weighted by Gasteiger charge is 2.29. The van der Waals surface area contributed by atoms with Gasteiger partial charge in [-0.1, -0.05) is 0 Å². The summed E-state index contributed by atoms with van der Waals surface area (Å²) in [6.07, 6.45) is 1.83. The average molecular weight is 297 g/mol. The second-order valence-electron chi connectivity index (χ2n) is 4.75. The molecule has 1 aliphatic rings. The quantitative estimate of drug-likeness (QED) is 0.454. The van der Waals surface area contributed by atoms with E-state index in [9.17, 15) is 19.3 Å². The van der Waals surface area contributed by atoms with Gasteiger partial charge in [0.15, 0.2) is 11.6 Å². The Labute approximate surface area is 120 Å². The van der Waals surface area contributed by atoms with E-state index < -0.39 is 10.7 Å². The molecule has 0 atom stereocenters. The summed E-state index contributed by atoms with van der Waals surface area (Å²) in [4.78, 5) is 21.6. The van der Waals surface area contributed by atoms with Crippen LogP contribution >= 0.6 is 0 Å². The zero-order valence-corrected chi connectivity index (χ0v) is 11.5. The number of benzene rings is 1. The number of nitro benzene ring substituents is 1. The molecule has 8 heteroatoms. The number of hydrogen-bond donors (Lipinski definition) is 2. The van der Waals surface area contributed by atoms with Gasteiger partial charge in [0.1, 0.15) is 5.69 Å². The van der Waals surface area contributed by atoms with E-state index in [4.69, 9.17) is 4.74 Å². The van der Waals surface area contributed by atoms with Crippen LogP contribution in [0.2, 0.25) is 0 Å². The number of nitrogens with zero attached hydrogens (tertiary/aromatic N) is 1. The lowest BCUT2D eigenvalue weighted by molar-refractivity contribution is -0.384. The predicted octanol–water partition coefficient (Wildman–Crippen LogP) is 1.68. The minimum absolute atomic E-state index is 0.00277. The largest absolute Gasteiger partial charge is 0.494 e. The lowest BCUT2D eigenvalue weighted by Crippen LogP contribution is -2.29. The van der Waals surface area contributed by atoms with E-state index in [1.165, 1.54) is 13.2 Å². The van der Waals surface area contributed by atoms with E-state index in [2.05, 4.69) is 10.6 Å². The Morgan fingerprint density at radius 1 is 1.48 bits per heavy atom. The van der Waals surface area contributed by atoms with Crippen molar-refractivity contribution in [3.63, 3.8) is 0 Å². The van der Waals surface area contributed by atoms with Gasteiger partial charge in [-0.3, -0.25) is 14.9 Å². The van der Waals surface area contributed by atoms with Crippen molar-refractivity contribution in [3.05, 3.63) is 28.1 Å². The summed E-state index contributed by atoms with van der Waals surface area (Å²) in [5.41, 5.74) is -0.222. The third kappa shape index (κ3) is 3.80. The fraction of sp³-hybridized carbons (Fsp3) is 0.462. The molecule has 1 aromatic carbocycles. The summed E-state index contributed by atoms with van der Waals surface area (Å²) in [6.45, 7) is 0.639.